The molecule has 0 unspecified atom stereocenters. The minimum Gasteiger partial charge on any atom is -0.497 e. The van der Waals surface area contributed by atoms with Crippen LogP contribution in [0.2, 0.25) is 5.02 Å². The van der Waals surface area contributed by atoms with Crippen molar-refractivity contribution in [3.63, 3.8) is 0 Å². The molecule has 8 nitrogen and oxygen atoms in total. The zero-order chi connectivity index (χ0) is 26.0. The third-order valence-electron chi connectivity index (χ3n) is 5.77. The predicted molar refractivity (Wildman–Crippen MR) is 133 cm³/mol. The van der Waals surface area contributed by atoms with E-state index in [0.717, 1.165) is 22.6 Å². The van der Waals surface area contributed by atoms with Crippen LogP contribution < -0.4 is 20.7 Å². The number of hydrogen-bond acceptors (Lipinski definition) is 6. The smallest absolute Gasteiger partial charge is 0.254 e. The molecule has 0 bridgehead atoms. The Labute approximate surface area is 212 Å². The van der Waals surface area contributed by atoms with Crippen LogP contribution in [0.25, 0.3) is 0 Å². The molecular formula is C25H23ClFN3O5S. The van der Waals surface area contributed by atoms with E-state index in [1.807, 2.05) is 0 Å². The highest BCUT2D eigenvalue weighted by atomic mass is 35.5. The van der Waals surface area contributed by atoms with E-state index in [4.69, 9.17) is 22.1 Å². The van der Waals surface area contributed by atoms with Crippen LogP contribution in [-0.4, -0.2) is 39.1 Å². The van der Waals surface area contributed by atoms with Gasteiger partial charge in [-0.1, -0.05) is 35.9 Å². The van der Waals surface area contributed by atoms with Crippen LogP contribution in [0.1, 0.15) is 21.5 Å². The van der Waals surface area contributed by atoms with Gasteiger partial charge in [-0.25, -0.2) is 12.8 Å². The highest BCUT2D eigenvalue weighted by Crippen LogP contribution is 2.34. The Bertz CT molecular complexity index is 1410. The number of fused-ring (bicyclic) bond motifs is 1. The maximum Gasteiger partial charge on any atom is 0.254 e. The summed E-state index contributed by atoms with van der Waals surface area (Å²) in [7, 11) is -2.58. The number of nitrogens with zero attached hydrogens (tertiary/aromatic N) is 1. The van der Waals surface area contributed by atoms with Crippen LogP contribution >= 0.6 is 11.6 Å². The Morgan fingerprint density at radius 2 is 1.78 bits per heavy atom. The number of rotatable bonds is 6. The number of amides is 2. The number of methoxy groups -OCH3 is 1. The Morgan fingerprint density at radius 3 is 2.42 bits per heavy atom. The van der Waals surface area contributed by atoms with Gasteiger partial charge in [0, 0.05) is 11.6 Å². The second kappa shape index (κ2) is 10.3. The Kier molecular flexibility index (Phi) is 7.30. The number of anilines is 1. The van der Waals surface area contributed by atoms with Crippen molar-refractivity contribution in [3.05, 3.63) is 88.2 Å². The van der Waals surface area contributed by atoms with Gasteiger partial charge in [-0.3, -0.25) is 9.59 Å². The van der Waals surface area contributed by atoms with E-state index < -0.39 is 49.7 Å². The number of halogens is 2. The largest absolute Gasteiger partial charge is 0.497 e. The van der Waals surface area contributed by atoms with Crippen LogP contribution in [0.15, 0.2) is 65.6 Å². The fourth-order valence-electron chi connectivity index (χ4n) is 3.85. The van der Waals surface area contributed by atoms with Gasteiger partial charge in [-0.15, -0.1) is 0 Å². The minimum absolute atomic E-state index is 0.0508. The molecule has 1 heterocycles. The molecule has 1 aliphatic heterocycles. The summed E-state index contributed by atoms with van der Waals surface area (Å²) < 4.78 is 46.0. The van der Waals surface area contributed by atoms with Crippen LogP contribution in [0.4, 0.5) is 10.1 Å². The van der Waals surface area contributed by atoms with E-state index in [1.54, 1.807) is 48.5 Å². The normalized spacial score (nSPS) is 16.7. The molecule has 3 N–H and O–H groups in total. The van der Waals surface area contributed by atoms with Gasteiger partial charge < -0.3 is 20.7 Å². The standard InChI is InChI=1S/C25H23ClFN3O5S/c1-35-18-8-4-15(5-9-18)12-29-24(31)19-10-22-23(11-20(19)27)36(33,34)14-21(28)25(32)30(22)13-16-2-6-17(26)7-3-16/h2-11,21H,12-14,28H2,1H3,(H,29,31)/t21-/m0/s1. The summed E-state index contributed by atoms with van der Waals surface area (Å²) in [6, 6.07) is 14.0. The highest BCUT2D eigenvalue weighted by molar-refractivity contribution is 7.91. The number of carbonyl (C=O) groups excluding carboxylic acids is 2. The van der Waals surface area contributed by atoms with Gasteiger partial charge in [0.25, 0.3) is 5.91 Å². The second-order valence-electron chi connectivity index (χ2n) is 8.27. The van der Waals surface area contributed by atoms with E-state index in [2.05, 4.69) is 5.32 Å². The van der Waals surface area contributed by atoms with Crippen molar-refractivity contribution < 1.29 is 27.1 Å². The number of nitrogens with two attached hydrogens (primary N) is 1. The topological polar surface area (TPSA) is 119 Å². The fraction of sp³-hybridized carbons (Fsp3) is 0.200. The molecule has 3 aromatic carbocycles. The van der Waals surface area contributed by atoms with Crippen LogP contribution in [-0.2, 0) is 27.7 Å². The van der Waals surface area contributed by atoms with Gasteiger partial charge in [0.2, 0.25) is 5.91 Å². The summed E-state index contributed by atoms with van der Waals surface area (Å²) in [5.41, 5.74) is 6.77. The first-order valence-electron chi connectivity index (χ1n) is 10.9. The van der Waals surface area contributed by atoms with Crippen LogP contribution in [0.3, 0.4) is 0 Å². The molecule has 0 saturated carbocycles. The molecule has 188 valence electrons. The number of hydrogen-bond donors (Lipinski definition) is 2. The first-order valence-corrected chi connectivity index (χ1v) is 12.9. The Morgan fingerprint density at radius 1 is 1.14 bits per heavy atom. The Hall–Kier alpha value is -3.47. The first-order chi connectivity index (χ1) is 17.1. The monoisotopic (exact) mass is 531 g/mol. The van der Waals surface area contributed by atoms with Gasteiger partial charge in [-0.05, 0) is 47.5 Å². The molecule has 0 aromatic heterocycles. The first kappa shape index (κ1) is 25.6. The van der Waals surface area contributed by atoms with Gasteiger partial charge in [0.05, 0.1) is 41.6 Å². The maximum absolute atomic E-state index is 15.0. The molecule has 3 aromatic rings. The van der Waals surface area contributed by atoms with Crippen LogP contribution in [0, 0.1) is 5.82 Å². The van der Waals surface area contributed by atoms with Gasteiger partial charge in [-0.2, -0.15) is 0 Å². The van der Waals surface area contributed by atoms with E-state index in [0.29, 0.717) is 16.3 Å². The van der Waals surface area contributed by atoms with Gasteiger partial charge >= 0.3 is 0 Å². The minimum atomic E-state index is -4.11. The summed E-state index contributed by atoms with van der Waals surface area (Å²) >= 11 is 5.94. The van der Waals surface area contributed by atoms with Crippen molar-refractivity contribution in [2.45, 2.75) is 24.0 Å². The van der Waals surface area contributed by atoms with E-state index in [9.17, 15) is 18.0 Å². The molecule has 11 heteroatoms. The molecule has 0 fully saturated rings. The summed E-state index contributed by atoms with van der Waals surface area (Å²) in [4.78, 5) is 26.7. The molecule has 2 amide bonds. The molecule has 0 aliphatic carbocycles. The predicted octanol–water partition coefficient (Wildman–Crippen LogP) is 3.07. The lowest BCUT2D eigenvalue weighted by Crippen LogP contribution is -2.45. The third kappa shape index (κ3) is 5.35. The van der Waals surface area contributed by atoms with Gasteiger partial charge in [0.15, 0.2) is 9.84 Å². The molecular weight excluding hydrogens is 509 g/mol. The lowest BCUT2D eigenvalue weighted by atomic mass is 10.1. The lowest BCUT2D eigenvalue weighted by Gasteiger charge is -2.25. The van der Waals surface area contributed by atoms with Crippen molar-refractivity contribution in [1.29, 1.82) is 0 Å². The van der Waals surface area contributed by atoms with Crippen molar-refractivity contribution in [2.75, 3.05) is 17.8 Å². The zero-order valence-electron chi connectivity index (χ0n) is 19.2. The third-order valence-corrected chi connectivity index (χ3v) is 7.81. The number of nitrogens with one attached hydrogen (secondary N) is 1. The molecule has 0 radical (unpaired) electrons. The number of carbonyl (C=O) groups is 2. The molecule has 1 atom stereocenters. The molecule has 0 saturated heterocycles. The average Bonchev–Trinajstić information content (AvgIpc) is 2.92. The summed E-state index contributed by atoms with van der Waals surface area (Å²) in [6.45, 7) is 0.0424. The Balaban J connectivity index is 1.70. The fourth-order valence-corrected chi connectivity index (χ4v) is 5.54. The SMILES string of the molecule is COc1ccc(CNC(=O)c2cc3c(cc2F)S(=O)(=O)C[C@H](N)C(=O)N3Cc2ccc(Cl)cc2)cc1. The molecule has 1 aliphatic rings. The maximum atomic E-state index is 15.0. The summed E-state index contributed by atoms with van der Waals surface area (Å²) in [5, 5.41) is 3.10. The number of ether oxygens (including phenoxy) is 1. The average molecular weight is 532 g/mol. The number of benzene rings is 3. The molecule has 4 rings (SSSR count). The summed E-state index contributed by atoms with van der Waals surface area (Å²) in [6.07, 6.45) is 0. The molecule has 36 heavy (non-hydrogen) atoms. The quantitative estimate of drug-likeness (QED) is 0.504. The zero-order valence-corrected chi connectivity index (χ0v) is 20.8. The van der Waals surface area contributed by atoms with E-state index in [-0.39, 0.29) is 18.8 Å². The molecule has 0 spiro atoms. The van der Waals surface area contributed by atoms with Crippen molar-refractivity contribution >= 4 is 38.9 Å². The van der Waals surface area contributed by atoms with E-state index >= 15 is 4.39 Å². The van der Waals surface area contributed by atoms with Gasteiger partial charge in [0.1, 0.15) is 11.6 Å². The van der Waals surface area contributed by atoms with Crippen LogP contribution in [0.5, 0.6) is 5.75 Å². The highest BCUT2D eigenvalue weighted by Gasteiger charge is 2.37. The van der Waals surface area contributed by atoms with Crippen molar-refractivity contribution in [2.24, 2.45) is 5.73 Å². The van der Waals surface area contributed by atoms with E-state index in [1.165, 1.54) is 7.11 Å². The second-order valence-corrected chi connectivity index (χ2v) is 10.7. The van der Waals surface area contributed by atoms with Crippen molar-refractivity contribution in [1.82, 2.24) is 5.32 Å². The lowest BCUT2D eigenvalue weighted by molar-refractivity contribution is -0.119. The number of sulfone groups is 1. The van der Waals surface area contributed by atoms with Crippen molar-refractivity contribution in [3.8, 4) is 5.75 Å². The summed E-state index contributed by atoms with van der Waals surface area (Å²) in [5.74, 6) is -2.50.